The Morgan fingerprint density at radius 3 is 2.93 bits per heavy atom. The second-order valence-electron chi connectivity index (χ2n) is 8.77. The fourth-order valence-corrected chi connectivity index (χ4v) is 5.53. The molecule has 4 heteroatoms. The van der Waals surface area contributed by atoms with Gasteiger partial charge in [0.05, 0.1) is 12.8 Å². The van der Waals surface area contributed by atoms with Crippen LogP contribution in [0.2, 0.25) is 0 Å². The Labute approximate surface area is 166 Å². The highest BCUT2D eigenvalue weighted by Crippen LogP contribution is 2.53. The van der Waals surface area contributed by atoms with Crippen LogP contribution in [0, 0.1) is 5.41 Å². The van der Waals surface area contributed by atoms with Gasteiger partial charge < -0.3 is 9.64 Å². The van der Waals surface area contributed by atoms with Crippen molar-refractivity contribution in [3.05, 3.63) is 58.7 Å². The van der Waals surface area contributed by atoms with Crippen molar-refractivity contribution in [2.75, 3.05) is 13.7 Å². The lowest BCUT2D eigenvalue weighted by Gasteiger charge is -2.55. The molecule has 0 spiro atoms. The van der Waals surface area contributed by atoms with E-state index in [0.29, 0.717) is 5.92 Å². The molecule has 2 atom stereocenters. The first-order valence-corrected chi connectivity index (χ1v) is 10.1. The summed E-state index contributed by atoms with van der Waals surface area (Å²) in [5.74, 6) is 1.55. The summed E-state index contributed by atoms with van der Waals surface area (Å²) in [7, 11) is 1.74. The number of carbonyl (C=O) groups excluding carboxylic acids is 1. The third-order valence-corrected chi connectivity index (χ3v) is 7.08. The third-order valence-electron chi connectivity index (χ3n) is 7.08. The third kappa shape index (κ3) is 2.43. The highest BCUT2D eigenvalue weighted by atomic mass is 16.5. The number of fused-ring (bicyclic) bond motifs is 5. The fraction of sp³-hybridized carbons (Fsp3) is 0.417. The number of aliphatic imine (C=N–C) groups is 1. The predicted octanol–water partition coefficient (Wildman–Crippen LogP) is 4.53. The van der Waals surface area contributed by atoms with Gasteiger partial charge in [-0.05, 0) is 65.1 Å². The molecule has 3 aliphatic rings. The summed E-state index contributed by atoms with van der Waals surface area (Å²) in [6.45, 7) is 5.45. The largest absolute Gasteiger partial charge is 0.496 e. The van der Waals surface area contributed by atoms with E-state index in [2.05, 4.69) is 35.9 Å². The monoisotopic (exact) mass is 374 g/mol. The number of rotatable bonds is 2. The van der Waals surface area contributed by atoms with Crippen LogP contribution in [0.5, 0.6) is 5.75 Å². The van der Waals surface area contributed by atoms with Gasteiger partial charge in [-0.1, -0.05) is 26.0 Å². The molecule has 28 heavy (non-hydrogen) atoms. The Bertz CT molecular complexity index is 992. The van der Waals surface area contributed by atoms with E-state index in [9.17, 15) is 4.79 Å². The van der Waals surface area contributed by atoms with Crippen LogP contribution in [0.3, 0.4) is 0 Å². The Morgan fingerprint density at radius 2 is 2.11 bits per heavy atom. The van der Waals surface area contributed by atoms with E-state index in [-0.39, 0.29) is 17.4 Å². The zero-order chi connectivity index (χ0) is 19.5. The molecule has 2 bridgehead atoms. The minimum Gasteiger partial charge on any atom is -0.496 e. The second-order valence-corrected chi connectivity index (χ2v) is 8.77. The number of nitrogens with zero attached hydrogens (tertiary/aromatic N) is 2. The van der Waals surface area contributed by atoms with Crippen LogP contribution < -0.4 is 4.74 Å². The molecule has 144 valence electrons. The lowest BCUT2D eigenvalue weighted by atomic mass is 9.59. The topological polar surface area (TPSA) is 41.9 Å². The van der Waals surface area contributed by atoms with Crippen molar-refractivity contribution in [1.29, 1.82) is 0 Å². The van der Waals surface area contributed by atoms with E-state index in [0.717, 1.165) is 48.4 Å². The lowest BCUT2D eigenvalue weighted by Crippen LogP contribution is -2.58. The standard InChI is InChI=1S/C24H26N2O2/c1-24(2)19-10-12-26(22(24)14-18-17(19)5-4-6-21(18)28-3)23(27)16-7-8-20-15(13-16)9-11-25-20/h4-8,11,13,19,22H,9-10,12,14H2,1-3H3. The van der Waals surface area contributed by atoms with E-state index >= 15 is 0 Å². The van der Waals surface area contributed by atoms with Crippen LogP contribution in [-0.2, 0) is 12.8 Å². The molecule has 2 aromatic rings. The summed E-state index contributed by atoms with van der Waals surface area (Å²) < 4.78 is 5.66. The molecule has 0 saturated carbocycles. The summed E-state index contributed by atoms with van der Waals surface area (Å²) in [6, 6.07) is 12.5. The van der Waals surface area contributed by atoms with Gasteiger partial charge in [0.1, 0.15) is 5.75 Å². The molecular weight excluding hydrogens is 348 g/mol. The van der Waals surface area contributed by atoms with Crippen LogP contribution in [0.1, 0.15) is 53.2 Å². The number of methoxy groups -OCH3 is 1. The zero-order valence-electron chi connectivity index (χ0n) is 16.7. The van der Waals surface area contributed by atoms with Gasteiger partial charge >= 0.3 is 0 Å². The van der Waals surface area contributed by atoms with Crippen molar-refractivity contribution >= 4 is 17.8 Å². The van der Waals surface area contributed by atoms with Crippen molar-refractivity contribution in [2.45, 2.75) is 45.1 Å². The summed E-state index contributed by atoms with van der Waals surface area (Å²) in [4.78, 5) is 20.0. The molecule has 4 nitrogen and oxygen atoms in total. The number of likely N-dealkylation sites (tertiary alicyclic amines) is 1. The fourth-order valence-electron chi connectivity index (χ4n) is 5.53. The van der Waals surface area contributed by atoms with Gasteiger partial charge in [0, 0.05) is 30.8 Å². The quantitative estimate of drug-likeness (QED) is 0.775. The molecule has 2 heterocycles. The van der Waals surface area contributed by atoms with Crippen molar-refractivity contribution < 1.29 is 9.53 Å². The molecule has 2 aliphatic heterocycles. The average Bonchev–Trinajstić information content (AvgIpc) is 3.14. The summed E-state index contributed by atoms with van der Waals surface area (Å²) in [6.07, 6.45) is 4.57. The highest BCUT2D eigenvalue weighted by Gasteiger charge is 2.50. The van der Waals surface area contributed by atoms with Gasteiger partial charge in [-0.15, -0.1) is 0 Å². The maximum atomic E-state index is 13.5. The number of hydrogen-bond acceptors (Lipinski definition) is 3. The maximum absolute atomic E-state index is 13.5. The van der Waals surface area contributed by atoms with Crippen LogP contribution in [0.25, 0.3) is 0 Å². The lowest BCUT2D eigenvalue weighted by molar-refractivity contribution is 0.00993. The van der Waals surface area contributed by atoms with Crippen LogP contribution in [-0.4, -0.2) is 36.7 Å². The number of carbonyl (C=O) groups is 1. The minimum absolute atomic E-state index is 0.0348. The number of ether oxygens (including phenoxy) is 1. The average molecular weight is 374 g/mol. The van der Waals surface area contributed by atoms with Crippen molar-refractivity contribution in [1.82, 2.24) is 4.90 Å². The van der Waals surface area contributed by atoms with Crippen LogP contribution >= 0.6 is 0 Å². The normalized spacial score (nSPS) is 23.9. The van der Waals surface area contributed by atoms with Crippen molar-refractivity contribution in [3.63, 3.8) is 0 Å². The van der Waals surface area contributed by atoms with Crippen molar-refractivity contribution in [3.8, 4) is 5.75 Å². The molecule has 1 amide bonds. The van der Waals surface area contributed by atoms with E-state index in [1.165, 1.54) is 11.1 Å². The first-order chi connectivity index (χ1) is 13.5. The number of piperidine rings is 1. The second kappa shape index (κ2) is 6.20. The summed E-state index contributed by atoms with van der Waals surface area (Å²) in [5.41, 5.74) is 5.64. The molecule has 1 saturated heterocycles. The van der Waals surface area contributed by atoms with Crippen LogP contribution in [0.15, 0.2) is 41.4 Å². The van der Waals surface area contributed by atoms with Gasteiger partial charge in [0.25, 0.3) is 5.91 Å². The van der Waals surface area contributed by atoms with E-state index < -0.39 is 0 Å². The molecular formula is C24H26N2O2. The molecule has 0 N–H and O–H groups in total. The van der Waals surface area contributed by atoms with Gasteiger partial charge in [-0.2, -0.15) is 0 Å². The van der Waals surface area contributed by atoms with E-state index in [1.807, 2.05) is 30.5 Å². The zero-order valence-corrected chi connectivity index (χ0v) is 16.7. The molecule has 1 aliphatic carbocycles. The SMILES string of the molecule is COc1cccc2c1CC1N(C(=O)c3ccc4c(c3)CC=N4)CCC2C1(C)C. The molecule has 1 fully saturated rings. The van der Waals surface area contributed by atoms with Crippen LogP contribution in [0.4, 0.5) is 5.69 Å². The number of benzene rings is 2. The predicted molar refractivity (Wildman–Crippen MR) is 111 cm³/mol. The maximum Gasteiger partial charge on any atom is 0.254 e. The minimum atomic E-state index is 0.0348. The smallest absolute Gasteiger partial charge is 0.254 e. The first-order valence-electron chi connectivity index (χ1n) is 10.1. The molecule has 0 aromatic heterocycles. The van der Waals surface area contributed by atoms with Gasteiger partial charge in [-0.25, -0.2) is 0 Å². The Morgan fingerprint density at radius 1 is 1.25 bits per heavy atom. The molecule has 5 rings (SSSR count). The van der Waals surface area contributed by atoms with Gasteiger partial charge in [0.2, 0.25) is 0 Å². The highest BCUT2D eigenvalue weighted by molar-refractivity contribution is 5.96. The Balaban J connectivity index is 1.52. The van der Waals surface area contributed by atoms with E-state index in [4.69, 9.17) is 4.74 Å². The summed E-state index contributed by atoms with van der Waals surface area (Å²) >= 11 is 0. The number of amides is 1. The van der Waals surface area contributed by atoms with Crippen molar-refractivity contribution in [2.24, 2.45) is 10.4 Å². The molecule has 2 aromatic carbocycles. The first kappa shape index (κ1) is 17.5. The Kier molecular flexibility index (Phi) is 3.87. The number of hydrogen-bond donors (Lipinski definition) is 0. The molecule has 0 radical (unpaired) electrons. The van der Waals surface area contributed by atoms with E-state index in [1.54, 1.807) is 7.11 Å². The Hall–Kier alpha value is -2.62. The molecule has 2 unspecified atom stereocenters. The summed E-state index contributed by atoms with van der Waals surface area (Å²) in [5, 5.41) is 0. The van der Waals surface area contributed by atoms with Gasteiger partial charge in [-0.3, -0.25) is 9.79 Å². The van der Waals surface area contributed by atoms with Gasteiger partial charge in [0.15, 0.2) is 0 Å².